The molecule has 0 atom stereocenters. The lowest BCUT2D eigenvalue weighted by atomic mass is 10.2. The summed E-state index contributed by atoms with van der Waals surface area (Å²) >= 11 is 0. The van der Waals surface area contributed by atoms with Crippen molar-refractivity contribution in [3.05, 3.63) is 50.6 Å². The van der Waals surface area contributed by atoms with Crippen LogP contribution in [-0.4, -0.2) is 66.1 Å². The Kier molecular flexibility index (Phi) is 38.5. The Morgan fingerprint density at radius 1 is 0.767 bits per heavy atom. The summed E-state index contributed by atoms with van der Waals surface area (Å²) in [6, 6.07) is 1.69. The summed E-state index contributed by atoms with van der Waals surface area (Å²) in [7, 11) is 0. The minimum atomic E-state index is -0.501. The number of allylic oxidation sites excluding steroid dienone is 2. The first kappa shape index (κ1) is 34.4. The fourth-order valence-electron chi connectivity index (χ4n) is 1.01. The van der Waals surface area contributed by atoms with Gasteiger partial charge in [-0.1, -0.05) is 26.3 Å². The van der Waals surface area contributed by atoms with Gasteiger partial charge in [0, 0.05) is 37.9 Å². The number of esters is 2. The van der Waals surface area contributed by atoms with Crippen molar-refractivity contribution in [1.29, 1.82) is 5.26 Å². The highest BCUT2D eigenvalue weighted by atomic mass is 16.5. The van der Waals surface area contributed by atoms with Gasteiger partial charge in [0.25, 0.3) is 0 Å². The van der Waals surface area contributed by atoms with Gasteiger partial charge in [0.1, 0.15) is 6.61 Å². The van der Waals surface area contributed by atoms with Gasteiger partial charge in [-0.2, -0.15) is 5.26 Å². The van der Waals surface area contributed by atoms with E-state index in [0.29, 0.717) is 32.3 Å². The number of ketones is 1. The molecule has 9 nitrogen and oxygen atoms in total. The summed E-state index contributed by atoms with van der Waals surface area (Å²) in [5.74, 6) is -0.906. The Labute approximate surface area is 178 Å². The number of nitriles is 1. The summed E-state index contributed by atoms with van der Waals surface area (Å²) in [5, 5.41) is 32.2. The van der Waals surface area contributed by atoms with Crippen LogP contribution in [0.25, 0.3) is 0 Å². The number of carbonyl (C=O) groups is 3. The molecule has 3 N–H and O–H groups in total. The number of unbranched alkanes of at least 4 members (excludes halogenated alkanes) is 1. The minimum absolute atomic E-state index is 0.000880. The van der Waals surface area contributed by atoms with Crippen molar-refractivity contribution in [2.24, 2.45) is 0 Å². The molecular formula is C21H33NO8. The van der Waals surface area contributed by atoms with Crippen LogP contribution in [0.2, 0.25) is 0 Å². The summed E-state index contributed by atoms with van der Waals surface area (Å²) in [4.78, 5) is 30.8. The fraction of sp³-hybridized carbons (Fsp3) is 0.429. The van der Waals surface area contributed by atoms with Crippen molar-refractivity contribution in [3.8, 4) is 6.07 Å². The molecule has 0 amide bonds. The molecule has 0 aliphatic heterocycles. The zero-order valence-corrected chi connectivity index (χ0v) is 17.3. The molecule has 0 radical (unpaired) electrons. The molecule has 0 fully saturated rings. The quantitative estimate of drug-likeness (QED) is 0.181. The van der Waals surface area contributed by atoms with Gasteiger partial charge < -0.3 is 24.8 Å². The van der Waals surface area contributed by atoms with E-state index >= 15 is 0 Å². The average molecular weight is 427 g/mol. The van der Waals surface area contributed by atoms with Gasteiger partial charge in [0.2, 0.25) is 0 Å². The summed E-state index contributed by atoms with van der Waals surface area (Å²) < 4.78 is 8.96. The number of carbonyl (C=O) groups excluding carboxylic acids is 3. The number of rotatable bonds is 12. The lowest BCUT2D eigenvalue weighted by Crippen LogP contribution is -2.04. The maximum absolute atomic E-state index is 10.4. The zero-order chi connectivity index (χ0) is 24.0. The molecular weight excluding hydrogens is 394 g/mol. The van der Waals surface area contributed by atoms with Gasteiger partial charge in [-0.25, -0.2) is 9.59 Å². The van der Waals surface area contributed by atoms with E-state index < -0.39 is 11.9 Å². The molecule has 0 aromatic carbocycles. The number of ether oxygens (including phenoxy) is 2. The number of nitrogens with zero attached hydrogens (tertiary/aromatic N) is 1. The van der Waals surface area contributed by atoms with Crippen molar-refractivity contribution in [2.75, 3.05) is 33.0 Å². The standard InChI is InChI=1S/C7H12O3.C6H10O2.C5H8O3.C3H3N/c1-2-7(9)10-6-4-3-5-8;1-2-6(8)4-3-5-7;1-2-5(7)8-4-3-6;1-2-3-4/h2,8H,1,3-6H2;2,7H,1,3-5H2;2,6H,1,3-4H2;2H,1H2. The maximum atomic E-state index is 10.4. The molecule has 0 spiro atoms. The zero-order valence-electron chi connectivity index (χ0n) is 17.3. The third-order valence-corrected chi connectivity index (χ3v) is 2.37. The second kappa shape index (κ2) is 33.5. The van der Waals surface area contributed by atoms with E-state index in [1.807, 2.05) is 0 Å². The lowest BCUT2D eigenvalue weighted by molar-refractivity contribution is -0.139. The van der Waals surface area contributed by atoms with E-state index in [0.717, 1.165) is 12.2 Å². The van der Waals surface area contributed by atoms with E-state index in [2.05, 4.69) is 35.8 Å². The molecule has 0 aliphatic rings. The third-order valence-electron chi connectivity index (χ3n) is 2.37. The van der Waals surface area contributed by atoms with Crippen molar-refractivity contribution < 1.29 is 39.2 Å². The van der Waals surface area contributed by atoms with Crippen LogP contribution in [0, 0.1) is 11.3 Å². The minimum Gasteiger partial charge on any atom is -0.463 e. The summed E-state index contributed by atoms with van der Waals surface area (Å²) in [5.41, 5.74) is 0. The average Bonchev–Trinajstić information content (AvgIpc) is 2.79. The summed E-state index contributed by atoms with van der Waals surface area (Å²) in [6.45, 7) is 13.3. The number of aliphatic hydroxyl groups excluding tert-OH is 3. The van der Waals surface area contributed by atoms with Crippen molar-refractivity contribution in [2.45, 2.75) is 25.7 Å². The highest BCUT2D eigenvalue weighted by molar-refractivity contribution is 5.88. The number of aliphatic hydroxyl groups is 3. The molecule has 0 saturated carbocycles. The van der Waals surface area contributed by atoms with Crippen LogP contribution >= 0.6 is 0 Å². The fourth-order valence-corrected chi connectivity index (χ4v) is 1.01. The summed E-state index contributed by atoms with van der Waals surface area (Å²) in [6.07, 6.45) is 6.97. The first-order chi connectivity index (χ1) is 14.3. The predicted octanol–water partition coefficient (Wildman–Crippen LogP) is 1.41. The van der Waals surface area contributed by atoms with Crippen LogP contribution < -0.4 is 0 Å². The second-order valence-electron chi connectivity index (χ2n) is 4.73. The molecule has 170 valence electrons. The van der Waals surface area contributed by atoms with Crippen molar-refractivity contribution in [3.63, 3.8) is 0 Å². The predicted molar refractivity (Wildman–Crippen MR) is 113 cm³/mol. The van der Waals surface area contributed by atoms with Crippen LogP contribution in [0.4, 0.5) is 0 Å². The third kappa shape index (κ3) is 44.4. The Bertz CT molecular complexity index is 500. The Hall–Kier alpha value is -3.06. The highest BCUT2D eigenvalue weighted by Crippen LogP contribution is 1.89. The molecule has 0 aromatic rings. The highest BCUT2D eigenvalue weighted by Gasteiger charge is 1.93. The van der Waals surface area contributed by atoms with E-state index in [9.17, 15) is 14.4 Å². The van der Waals surface area contributed by atoms with Crippen molar-refractivity contribution >= 4 is 17.7 Å². The molecule has 30 heavy (non-hydrogen) atoms. The Morgan fingerprint density at radius 2 is 1.23 bits per heavy atom. The van der Waals surface area contributed by atoms with E-state index in [-0.39, 0.29) is 32.2 Å². The smallest absolute Gasteiger partial charge is 0.330 e. The molecule has 0 aromatic heterocycles. The van der Waals surface area contributed by atoms with Crippen LogP contribution in [0.3, 0.4) is 0 Å². The molecule has 0 unspecified atom stereocenters. The molecule has 0 heterocycles. The van der Waals surface area contributed by atoms with Crippen LogP contribution in [0.1, 0.15) is 25.7 Å². The van der Waals surface area contributed by atoms with Gasteiger partial charge >= 0.3 is 11.9 Å². The van der Waals surface area contributed by atoms with Gasteiger partial charge in [-0.15, -0.1) is 0 Å². The van der Waals surface area contributed by atoms with Gasteiger partial charge in [-0.05, 0) is 25.3 Å². The molecule has 0 aliphatic carbocycles. The van der Waals surface area contributed by atoms with E-state index in [1.54, 1.807) is 6.07 Å². The van der Waals surface area contributed by atoms with Gasteiger partial charge in [0.15, 0.2) is 5.78 Å². The van der Waals surface area contributed by atoms with Crippen LogP contribution in [0.5, 0.6) is 0 Å². The topological polar surface area (TPSA) is 154 Å². The normalized spacial score (nSPS) is 7.93. The molecule has 9 heteroatoms. The maximum Gasteiger partial charge on any atom is 0.330 e. The lowest BCUT2D eigenvalue weighted by Gasteiger charge is -1.98. The Balaban J connectivity index is -0.000000156. The first-order valence-corrected chi connectivity index (χ1v) is 8.91. The number of hydrogen-bond acceptors (Lipinski definition) is 9. The second-order valence-corrected chi connectivity index (χ2v) is 4.73. The monoisotopic (exact) mass is 427 g/mol. The van der Waals surface area contributed by atoms with Gasteiger partial charge in [0.05, 0.1) is 19.3 Å². The van der Waals surface area contributed by atoms with E-state index in [1.165, 1.54) is 12.2 Å². The first-order valence-electron chi connectivity index (χ1n) is 8.91. The Morgan fingerprint density at radius 3 is 1.57 bits per heavy atom. The largest absolute Gasteiger partial charge is 0.463 e. The SMILES string of the molecule is C=CC#N.C=CC(=O)CCCO.C=CC(=O)OCCCCO.C=CC(=O)OCCO. The van der Waals surface area contributed by atoms with E-state index in [4.69, 9.17) is 20.6 Å². The van der Waals surface area contributed by atoms with Gasteiger partial charge in [-0.3, -0.25) is 4.79 Å². The van der Waals surface area contributed by atoms with Crippen LogP contribution in [-0.2, 0) is 23.9 Å². The molecule has 0 rings (SSSR count). The molecule has 0 bridgehead atoms. The number of hydrogen-bond donors (Lipinski definition) is 3. The van der Waals surface area contributed by atoms with Crippen LogP contribution in [0.15, 0.2) is 50.6 Å². The molecule has 0 saturated heterocycles. The van der Waals surface area contributed by atoms with Crippen molar-refractivity contribution in [1.82, 2.24) is 0 Å².